The summed E-state index contributed by atoms with van der Waals surface area (Å²) in [5.74, 6) is 1.05. The second-order valence-electron chi connectivity index (χ2n) is 4.49. The summed E-state index contributed by atoms with van der Waals surface area (Å²) in [5, 5.41) is 3.32. The van der Waals surface area contributed by atoms with Crippen LogP contribution in [0.3, 0.4) is 0 Å². The molecule has 0 spiro atoms. The molecular weight excluding hydrogens is 162 g/mol. The number of likely N-dealkylation sites (N-methyl/N-ethyl adjacent to an activating group) is 1. The Balaban J connectivity index is 2.60. The molecule has 1 N–H and O–H groups in total. The molecule has 1 aromatic heterocycles. The molecule has 1 unspecified atom stereocenters. The van der Waals surface area contributed by atoms with Gasteiger partial charge in [0.25, 0.3) is 0 Å². The fourth-order valence-electron chi connectivity index (χ4n) is 1.47. The Labute approximate surface area is 80.3 Å². The third kappa shape index (κ3) is 2.88. The number of hydrogen-bond acceptors (Lipinski definition) is 2. The SMILES string of the molecule is CNC(Cc1ccco1)C(C)(C)C. The molecule has 0 bridgehead atoms. The van der Waals surface area contributed by atoms with Gasteiger partial charge in [-0.1, -0.05) is 20.8 Å². The average Bonchev–Trinajstić information content (AvgIpc) is 2.49. The quantitative estimate of drug-likeness (QED) is 0.775. The van der Waals surface area contributed by atoms with Gasteiger partial charge in [0.2, 0.25) is 0 Å². The Morgan fingerprint density at radius 2 is 2.15 bits per heavy atom. The van der Waals surface area contributed by atoms with Crippen LogP contribution in [-0.2, 0) is 6.42 Å². The molecule has 74 valence electrons. The van der Waals surface area contributed by atoms with Crippen molar-refractivity contribution in [1.82, 2.24) is 5.32 Å². The largest absolute Gasteiger partial charge is 0.469 e. The summed E-state index contributed by atoms with van der Waals surface area (Å²) >= 11 is 0. The normalized spacial score (nSPS) is 14.5. The standard InChI is InChI=1S/C11H19NO/c1-11(2,3)10(12-4)8-9-6-5-7-13-9/h5-7,10,12H,8H2,1-4H3. The van der Waals surface area contributed by atoms with Crippen LogP contribution >= 0.6 is 0 Å². The molecule has 1 atom stereocenters. The van der Waals surface area contributed by atoms with Gasteiger partial charge < -0.3 is 9.73 Å². The van der Waals surface area contributed by atoms with E-state index in [2.05, 4.69) is 26.1 Å². The molecule has 0 saturated carbocycles. The lowest BCUT2D eigenvalue weighted by Crippen LogP contribution is -2.39. The first-order valence-corrected chi connectivity index (χ1v) is 4.73. The molecule has 0 aliphatic carbocycles. The summed E-state index contributed by atoms with van der Waals surface area (Å²) in [6, 6.07) is 4.42. The minimum atomic E-state index is 0.265. The van der Waals surface area contributed by atoms with Gasteiger partial charge in [0.1, 0.15) is 5.76 Å². The minimum Gasteiger partial charge on any atom is -0.469 e. The highest BCUT2D eigenvalue weighted by Gasteiger charge is 2.23. The maximum absolute atomic E-state index is 5.32. The Hall–Kier alpha value is -0.760. The van der Waals surface area contributed by atoms with Gasteiger partial charge in [-0.05, 0) is 24.6 Å². The molecule has 0 aliphatic heterocycles. The molecule has 2 heteroatoms. The van der Waals surface area contributed by atoms with Gasteiger partial charge in [0.05, 0.1) is 6.26 Å². The second kappa shape index (κ2) is 3.97. The van der Waals surface area contributed by atoms with Gasteiger partial charge in [0, 0.05) is 12.5 Å². The lowest BCUT2D eigenvalue weighted by atomic mass is 9.84. The van der Waals surface area contributed by atoms with Crippen LogP contribution in [0.5, 0.6) is 0 Å². The monoisotopic (exact) mass is 181 g/mol. The van der Waals surface area contributed by atoms with Gasteiger partial charge in [-0.25, -0.2) is 0 Å². The average molecular weight is 181 g/mol. The minimum absolute atomic E-state index is 0.265. The van der Waals surface area contributed by atoms with Crippen molar-refractivity contribution < 1.29 is 4.42 Å². The van der Waals surface area contributed by atoms with Crippen molar-refractivity contribution in [3.05, 3.63) is 24.2 Å². The summed E-state index contributed by atoms with van der Waals surface area (Å²) < 4.78 is 5.32. The number of nitrogens with one attached hydrogen (secondary N) is 1. The third-order valence-electron chi connectivity index (χ3n) is 2.38. The summed E-state index contributed by atoms with van der Waals surface area (Å²) in [7, 11) is 2.00. The van der Waals surface area contributed by atoms with Crippen LogP contribution in [0.1, 0.15) is 26.5 Å². The van der Waals surface area contributed by atoms with Crippen molar-refractivity contribution in [3.8, 4) is 0 Å². The molecule has 0 radical (unpaired) electrons. The van der Waals surface area contributed by atoms with Crippen molar-refractivity contribution in [2.45, 2.75) is 33.2 Å². The molecule has 0 fully saturated rings. The van der Waals surface area contributed by atoms with E-state index in [0.29, 0.717) is 6.04 Å². The molecular formula is C11H19NO. The first kappa shape index (κ1) is 10.3. The van der Waals surface area contributed by atoms with E-state index in [-0.39, 0.29) is 5.41 Å². The highest BCUT2D eigenvalue weighted by Crippen LogP contribution is 2.22. The highest BCUT2D eigenvalue weighted by atomic mass is 16.3. The van der Waals surface area contributed by atoms with Crippen molar-refractivity contribution in [3.63, 3.8) is 0 Å². The Kier molecular flexibility index (Phi) is 3.15. The molecule has 0 saturated heterocycles. The zero-order chi connectivity index (χ0) is 9.90. The van der Waals surface area contributed by atoms with Crippen molar-refractivity contribution in [2.75, 3.05) is 7.05 Å². The Morgan fingerprint density at radius 1 is 1.46 bits per heavy atom. The van der Waals surface area contributed by atoms with Crippen LogP contribution in [-0.4, -0.2) is 13.1 Å². The fraction of sp³-hybridized carbons (Fsp3) is 0.636. The zero-order valence-electron chi connectivity index (χ0n) is 8.92. The summed E-state index contributed by atoms with van der Waals surface area (Å²) in [6.45, 7) is 6.70. The molecule has 2 nitrogen and oxygen atoms in total. The van der Waals surface area contributed by atoms with Crippen molar-refractivity contribution >= 4 is 0 Å². The fourth-order valence-corrected chi connectivity index (χ4v) is 1.47. The van der Waals surface area contributed by atoms with E-state index >= 15 is 0 Å². The second-order valence-corrected chi connectivity index (χ2v) is 4.49. The first-order valence-electron chi connectivity index (χ1n) is 4.73. The van der Waals surface area contributed by atoms with Gasteiger partial charge in [-0.3, -0.25) is 0 Å². The number of furan rings is 1. The van der Waals surface area contributed by atoms with E-state index in [1.54, 1.807) is 6.26 Å². The smallest absolute Gasteiger partial charge is 0.105 e. The maximum atomic E-state index is 5.32. The number of hydrogen-bond donors (Lipinski definition) is 1. The summed E-state index contributed by atoms with van der Waals surface area (Å²) in [5.41, 5.74) is 0.265. The van der Waals surface area contributed by atoms with E-state index < -0.39 is 0 Å². The van der Waals surface area contributed by atoms with E-state index in [1.807, 2.05) is 19.2 Å². The van der Waals surface area contributed by atoms with Crippen LogP contribution in [0.4, 0.5) is 0 Å². The van der Waals surface area contributed by atoms with Crippen LogP contribution < -0.4 is 5.32 Å². The van der Waals surface area contributed by atoms with Crippen LogP contribution in [0.25, 0.3) is 0 Å². The predicted molar refractivity (Wildman–Crippen MR) is 54.7 cm³/mol. The van der Waals surface area contributed by atoms with Gasteiger partial charge in [-0.15, -0.1) is 0 Å². The van der Waals surface area contributed by atoms with Crippen LogP contribution in [0.2, 0.25) is 0 Å². The van der Waals surface area contributed by atoms with E-state index in [9.17, 15) is 0 Å². The van der Waals surface area contributed by atoms with Crippen molar-refractivity contribution in [2.24, 2.45) is 5.41 Å². The highest BCUT2D eigenvalue weighted by molar-refractivity contribution is 5.02. The van der Waals surface area contributed by atoms with E-state index in [1.165, 1.54) is 0 Å². The lowest BCUT2D eigenvalue weighted by Gasteiger charge is -2.29. The van der Waals surface area contributed by atoms with Gasteiger partial charge in [-0.2, -0.15) is 0 Å². The summed E-state index contributed by atoms with van der Waals surface area (Å²) in [6.07, 6.45) is 2.68. The van der Waals surface area contributed by atoms with Crippen LogP contribution in [0.15, 0.2) is 22.8 Å². The number of rotatable bonds is 3. The molecule has 1 aromatic rings. The molecule has 0 aromatic carbocycles. The molecule has 1 rings (SSSR count). The van der Waals surface area contributed by atoms with E-state index in [0.717, 1.165) is 12.2 Å². The maximum Gasteiger partial charge on any atom is 0.105 e. The lowest BCUT2D eigenvalue weighted by molar-refractivity contribution is 0.267. The molecule has 0 aliphatic rings. The zero-order valence-corrected chi connectivity index (χ0v) is 8.92. The Morgan fingerprint density at radius 3 is 2.54 bits per heavy atom. The molecule has 0 amide bonds. The van der Waals surface area contributed by atoms with Gasteiger partial charge >= 0.3 is 0 Å². The molecule has 1 heterocycles. The third-order valence-corrected chi connectivity index (χ3v) is 2.38. The topological polar surface area (TPSA) is 25.2 Å². The van der Waals surface area contributed by atoms with Crippen LogP contribution in [0, 0.1) is 5.41 Å². The Bertz CT molecular complexity index is 233. The van der Waals surface area contributed by atoms with E-state index in [4.69, 9.17) is 4.42 Å². The van der Waals surface area contributed by atoms with Gasteiger partial charge in [0.15, 0.2) is 0 Å². The predicted octanol–water partition coefficient (Wildman–Crippen LogP) is 2.46. The summed E-state index contributed by atoms with van der Waals surface area (Å²) in [4.78, 5) is 0. The molecule has 13 heavy (non-hydrogen) atoms. The first-order chi connectivity index (χ1) is 6.04. The van der Waals surface area contributed by atoms with Crippen molar-refractivity contribution in [1.29, 1.82) is 0 Å².